The summed E-state index contributed by atoms with van der Waals surface area (Å²) in [6.45, 7) is 12.4. The van der Waals surface area contributed by atoms with E-state index in [0.717, 1.165) is 54.8 Å². The molecule has 40 heavy (non-hydrogen) atoms. The molecular weight excluding hydrogens is 502 g/mol. The molecule has 220 valence electrons. The van der Waals surface area contributed by atoms with Crippen LogP contribution in [0.5, 0.6) is 0 Å². The van der Waals surface area contributed by atoms with Gasteiger partial charge < -0.3 is 9.15 Å². The molecule has 0 N–H and O–H groups in total. The Morgan fingerprint density at radius 2 is 1.95 bits per heavy atom. The van der Waals surface area contributed by atoms with Crippen LogP contribution < -0.4 is 0 Å². The highest BCUT2D eigenvalue weighted by molar-refractivity contribution is 5.87. The van der Waals surface area contributed by atoms with Crippen molar-refractivity contribution in [2.24, 2.45) is 46.3 Å². The molecule has 0 saturated heterocycles. The molecule has 1 aromatic rings. The summed E-state index contributed by atoms with van der Waals surface area (Å²) in [5.74, 6) is 4.44. The van der Waals surface area contributed by atoms with Crippen LogP contribution in [0.4, 0.5) is 5.69 Å². The number of furan rings is 1. The van der Waals surface area contributed by atoms with Crippen molar-refractivity contribution in [3.63, 3.8) is 0 Å². The minimum atomic E-state index is -0.520. The lowest BCUT2D eigenvalue weighted by Crippen LogP contribution is -2.51. The number of allylic oxidation sites excluding steroid dienone is 1. The second kappa shape index (κ2) is 11.5. The number of nitrogens with zero attached hydrogens (tertiary/aromatic N) is 1. The first-order valence-electron chi connectivity index (χ1n) is 15.8. The average Bonchev–Trinajstić information content (AvgIpc) is 3.51. The van der Waals surface area contributed by atoms with Gasteiger partial charge in [0.25, 0.3) is 0 Å². The largest absolute Gasteiger partial charge is 0.459 e. The van der Waals surface area contributed by atoms with Gasteiger partial charge in [-0.05, 0) is 97.4 Å². The van der Waals surface area contributed by atoms with E-state index in [4.69, 9.17) is 9.15 Å². The first-order valence-corrected chi connectivity index (χ1v) is 15.8. The van der Waals surface area contributed by atoms with Gasteiger partial charge in [-0.25, -0.2) is 4.79 Å². The molecule has 6 heteroatoms. The van der Waals surface area contributed by atoms with Gasteiger partial charge in [0, 0.05) is 12.5 Å². The van der Waals surface area contributed by atoms with E-state index in [1.807, 2.05) is 0 Å². The second-order valence-electron chi connectivity index (χ2n) is 14.4. The van der Waals surface area contributed by atoms with Gasteiger partial charge in [0.15, 0.2) is 0 Å². The zero-order chi connectivity index (χ0) is 28.7. The molecule has 0 aromatic carbocycles. The highest BCUT2D eigenvalue weighted by atomic mass is 16.6. The molecule has 6 nitrogen and oxygen atoms in total. The summed E-state index contributed by atoms with van der Waals surface area (Å²) in [4.78, 5) is 23.1. The number of carbonyl (C=O) groups excluding carboxylic acids is 1. The van der Waals surface area contributed by atoms with E-state index in [0.29, 0.717) is 5.41 Å². The predicted molar refractivity (Wildman–Crippen MR) is 157 cm³/mol. The Bertz CT molecular complexity index is 1150. The van der Waals surface area contributed by atoms with Gasteiger partial charge in [-0.2, -0.15) is 0 Å². The van der Waals surface area contributed by atoms with E-state index >= 15 is 0 Å². The van der Waals surface area contributed by atoms with Gasteiger partial charge in [0.1, 0.15) is 6.10 Å². The van der Waals surface area contributed by atoms with Crippen LogP contribution in [0.2, 0.25) is 0 Å². The third-order valence-electron chi connectivity index (χ3n) is 11.8. The van der Waals surface area contributed by atoms with Crippen LogP contribution in [0.3, 0.4) is 0 Å². The summed E-state index contributed by atoms with van der Waals surface area (Å²) in [7, 11) is 0. The standard InChI is InChI=1S/C34H49NO5/c1-22(2)7-6-8-23(3)27-11-12-28-26-10-9-24-21-25(15-18-33(24,4)29(26)16-19-34(27,28)5)40-32(36)14-13-31-30(35(37)38)17-20-39-31/h9,13-14,17,20,22-23,25-29H,6-8,10-12,15-16,18-19,21H2,1-5H3. The number of fused-ring (bicyclic) bond motifs is 5. The Labute approximate surface area is 240 Å². The first kappa shape index (κ1) is 29.1. The minimum Gasteiger partial charge on any atom is -0.459 e. The van der Waals surface area contributed by atoms with Crippen LogP contribution in [0.15, 0.2) is 34.5 Å². The second-order valence-corrected chi connectivity index (χ2v) is 14.4. The predicted octanol–water partition coefficient (Wildman–Crippen LogP) is 9.15. The number of rotatable bonds is 9. The molecule has 3 fully saturated rings. The third-order valence-corrected chi connectivity index (χ3v) is 11.8. The molecule has 8 unspecified atom stereocenters. The number of esters is 1. The van der Waals surface area contributed by atoms with Crippen LogP contribution in [0.25, 0.3) is 6.08 Å². The summed E-state index contributed by atoms with van der Waals surface area (Å²) in [5, 5.41) is 11.1. The quantitative estimate of drug-likeness (QED) is 0.100. The van der Waals surface area contributed by atoms with E-state index in [2.05, 4.69) is 40.7 Å². The summed E-state index contributed by atoms with van der Waals surface area (Å²) < 4.78 is 11.0. The molecule has 8 atom stereocenters. The fourth-order valence-corrected chi connectivity index (χ4v) is 9.69. The van der Waals surface area contributed by atoms with Crippen molar-refractivity contribution in [3.05, 3.63) is 45.9 Å². The van der Waals surface area contributed by atoms with Crippen molar-refractivity contribution in [2.75, 3.05) is 0 Å². The molecule has 4 aliphatic carbocycles. The Morgan fingerprint density at radius 3 is 2.70 bits per heavy atom. The fourth-order valence-electron chi connectivity index (χ4n) is 9.69. The maximum absolute atomic E-state index is 12.6. The van der Waals surface area contributed by atoms with Gasteiger partial charge in [0.2, 0.25) is 5.76 Å². The topological polar surface area (TPSA) is 82.6 Å². The summed E-state index contributed by atoms with van der Waals surface area (Å²) in [5.41, 5.74) is 2.03. The highest BCUT2D eigenvalue weighted by Crippen LogP contribution is 2.67. The third kappa shape index (κ3) is 5.44. The number of hydrogen-bond acceptors (Lipinski definition) is 5. The number of nitro groups is 1. The van der Waals surface area contributed by atoms with Crippen LogP contribution in [0.1, 0.15) is 111 Å². The summed E-state index contributed by atoms with van der Waals surface area (Å²) in [6, 6.07) is 1.28. The zero-order valence-corrected chi connectivity index (χ0v) is 25.2. The normalized spacial score (nSPS) is 36.0. The van der Waals surface area contributed by atoms with Gasteiger partial charge in [-0.15, -0.1) is 0 Å². The minimum absolute atomic E-state index is 0.0580. The van der Waals surface area contributed by atoms with E-state index in [1.54, 1.807) is 0 Å². The fraction of sp³-hybridized carbons (Fsp3) is 0.735. The van der Waals surface area contributed by atoms with Crippen molar-refractivity contribution >= 4 is 17.7 Å². The molecule has 5 rings (SSSR count). The van der Waals surface area contributed by atoms with Gasteiger partial charge in [-0.1, -0.05) is 65.5 Å². The monoisotopic (exact) mass is 551 g/mol. The van der Waals surface area contributed by atoms with E-state index in [9.17, 15) is 14.9 Å². The summed E-state index contributed by atoms with van der Waals surface area (Å²) in [6.07, 6.45) is 19.7. The van der Waals surface area contributed by atoms with E-state index in [-0.39, 0.29) is 23.0 Å². The number of hydrogen-bond donors (Lipinski definition) is 0. The molecule has 1 heterocycles. The van der Waals surface area contributed by atoms with Gasteiger partial charge in [0.05, 0.1) is 17.3 Å². The molecule has 0 amide bonds. The van der Waals surface area contributed by atoms with E-state index < -0.39 is 10.9 Å². The lowest BCUT2D eigenvalue weighted by atomic mass is 9.47. The number of carbonyl (C=O) groups is 1. The smallest absolute Gasteiger partial charge is 0.331 e. The first-order chi connectivity index (χ1) is 19.0. The average molecular weight is 552 g/mol. The van der Waals surface area contributed by atoms with Crippen molar-refractivity contribution < 1.29 is 18.9 Å². The van der Waals surface area contributed by atoms with Gasteiger partial charge >= 0.3 is 11.7 Å². The SMILES string of the molecule is CC(C)CCCC(C)C1CCC2C3CC=C4CC(OC(=O)C=Cc5occc5[N+](=O)[O-])CCC4(C)C3CCC12C. The Balaban J connectivity index is 1.21. The Morgan fingerprint density at radius 1 is 1.15 bits per heavy atom. The van der Waals surface area contributed by atoms with E-state index in [1.165, 1.54) is 81.4 Å². The molecule has 0 aliphatic heterocycles. The molecule has 0 radical (unpaired) electrons. The molecule has 4 aliphatic rings. The highest BCUT2D eigenvalue weighted by Gasteiger charge is 2.59. The maximum atomic E-state index is 12.6. The summed E-state index contributed by atoms with van der Waals surface area (Å²) >= 11 is 0. The number of ether oxygens (including phenoxy) is 1. The Kier molecular flexibility index (Phi) is 8.37. The molecule has 1 aromatic heterocycles. The zero-order valence-electron chi connectivity index (χ0n) is 25.2. The molecular formula is C34H49NO5. The van der Waals surface area contributed by atoms with Crippen LogP contribution in [0, 0.1) is 56.5 Å². The van der Waals surface area contributed by atoms with Crippen molar-refractivity contribution in [1.29, 1.82) is 0 Å². The Hall–Kier alpha value is -2.37. The van der Waals surface area contributed by atoms with Crippen molar-refractivity contribution in [3.8, 4) is 0 Å². The maximum Gasteiger partial charge on any atom is 0.331 e. The van der Waals surface area contributed by atoms with Crippen molar-refractivity contribution in [2.45, 2.75) is 111 Å². The van der Waals surface area contributed by atoms with Gasteiger partial charge in [-0.3, -0.25) is 10.1 Å². The molecule has 0 spiro atoms. The lowest BCUT2D eigenvalue weighted by Gasteiger charge is -2.58. The van der Waals surface area contributed by atoms with Crippen molar-refractivity contribution in [1.82, 2.24) is 0 Å². The van der Waals surface area contributed by atoms with Crippen LogP contribution in [-0.2, 0) is 9.53 Å². The van der Waals surface area contributed by atoms with Crippen LogP contribution >= 0.6 is 0 Å². The molecule has 3 saturated carbocycles. The van der Waals surface area contributed by atoms with Crippen LogP contribution in [-0.4, -0.2) is 17.0 Å². The molecule has 0 bridgehead atoms. The lowest BCUT2D eigenvalue weighted by molar-refractivity contribution is -0.385.